The zero-order valence-corrected chi connectivity index (χ0v) is 16.8. The standard InChI is InChI=1S/C8H15N.C5H9N.C5H8O.C5H6O/c1-2-4-8(3-1)5-6-9-7-8;3*1-2-4-6-5-3-1/h9H,1-7H2;1-2,6H,3-5H2;1-2H,3-5H2;1-4H,5H2. The summed E-state index contributed by atoms with van der Waals surface area (Å²) in [6.07, 6.45) is 25.7. The van der Waals surface area contributed by atoms with E-state index in [4.69, 9.17) is 9.47 Å². The van der Waals surface area contributed by atoms with Gasteiger partial charge < -0.3 is 20.1 Å². The van der Waals surface area contributed by atoms with Crippen LogP contribution >= 0.6 is 0 Å². The number of hydrogen-bond donors (Lipinski definition) is 2. The van der Waals surface area contributed by atoms with E-state index in [1.54, 1.807) is 6.26 Å². The molecule has 0 aromatic heterocycles. The van der Waals surface area contributed by atoms with Crippen molar-refractivity contribution in [1.29, 1.82) is 0 Å². The maximum absolute atomic E-state index is 4.98. The summed E-state index contributed by atoms with van der Waals surface area (Å²) in [6.45, 7) is 7.29. The molecular weight excluding hydrogens is 336 g/mol. The van der Waals surface area contributed by atoms with E-state index in [0.717, 1.165) is 44.7 Å². The van der Waals surface area contributed by atoms with E-state index in [0.29, 0.717) is 0 Å². The first kappa shape index (κ1) is 21.9. The van der Waals surface area contributed by atoms with E-state index in [1.807, 2.05) is 24.3 Å². The van der Waals surface area contributed by atoms with E-state index in [-0.39, 0.29) is 0 Å². The Kier molecular flexibility index (Phi) is 11.9. The fourth-order valence-electron chi connectivity index (χ4n) is 3.75. The predicted molar refractivity (Wildman–Crippen MR) is 114 cm³/mol. The summed E-state index contributed by atoms with van der Waals surface area (Å²) in [5.74, 6) is 0. The highest BCUT2D eigenvalue weighted by Gasteiger charge is 2.35. The first-order valence-electron chi connectivity index (χ1n) is 10.6. The van der Waals surface area contributed by atoms with E-state index in [9.17, 15) is 0 Å². The maximum atomic E-state index is 4.98. The van der Waals surface area contributed by atoms with Gasteiger partial charge in [0, 0.05) is 13.1 Å². The van der Waals surface area contributed by atoms with Gasteiger partial charge in [-0.1, -0.05) is 43.2 Å². The minimum Gasteiger partial charge on any atom is -0.497 e. The van der Waals surface area contributed by atoms with Crippen LogP contribution in [0, 0.1) is 5.41 Å². The summed E-state index contributed by atoms with van der Waals surface area (Å²) in [5, 5.41) is 6.65. The predicted octanol–water partition coefficient (Wildman–Crippen LogP) is 4.13. The van der Waals surface area contributed by atoms with Crippen LogP contribution in [0.5, 0.6) is 0 Å². The Morgan fingerprint density at radius 1 is 0.741 bits per heavy atom. The van der Waals surface area contributed by atoms with Gasteiger partial charge in [0.1, 0.15) is 6.61 Å². The van der Waals surface area contributed by atoms with Crippen molar-refractivity contribution >= 4 is 0 Å². The van der Waals surface area contributed by atoms with Gasteiger partial charge in [-0.05, 0) is 62.8 Å². The van der Waals surface area contributed by atoms with Gasteiger partial charge in [0.15, 0.2) is 0 Å². The third-order valence-electron chi connectivity index (χ3n) is 5.34. The summed E-state index contributed by atoms with van der Waals surface area (Å²) in [4.78, 5) is 0. The maximum Gasteiger partial charge on any atom is 0.106 e. The molecule has 0 aromatic rings. The van der Waals surface area contributed by atoms with Gasteiger partial charge in [-0.25, -0.2) is 0 Å². The molecule has 0 atom stereocenters. The third-order valence-corrected chi connectivity index (χ3v) is 5.34. The van der Waals surface area contributed by atoms with Crippen molar-refractivity contribution in [2.45, 2.75) is 44.9 Å². The number of nitrogens with one attached hydrogen (secondary N) is 2. The van der Waals surface area contributed by atoms with Crippen LogP contribution in [-0.2, 0) is 9.47 Å². The molecule has 4 heteroatoms. The molecular formula is C23H38N2O2. The van der Waals surface area contributed by atoms with Crippen LogP contribution < -0.4 is 10.6 Å². The average molecular weight is 375 g/mol. The summed E-state index contributed by atoms with van der Waals surface area (Å²) in [7, 11) is 0. The smallest absolute Gasteiger partial charge is 0.106 e. The fourth-order valence-corrected chi connectivity index (χ4v) is 3.75. The Bertz CT molecular complexity index is 407. The molecule has 0 bridgehead atoms. The molecule has 1 aliphatic carbocycles. The van der Waals surface area contributed by atoms with Crippen molar-refractivity contribution in [1.82, 2.24) is 10.6 Å². The van der Waals surface area contributed by atoms with Gasteiger partial charge >= 0.3 is 0 Å². The van der Waals surface area contributed by atoms with Crippen molar-refractivity contribution in [3.63, 3.8) is 0 Å². The Hall–Kier alpha value is -1.36. The molecule has 5 rings (SSSR count). The normalized spacial score (nSPS) is 24.0. The number of hydrogen-bond acceptors (Lipinski definition) is 4. The van der Waals surface area contributed by atoms with Gasteiger partial charge in [-0.2, -0.15) is 0 Å². The minimum absolute atomic E-state index is 0.733. The highest BCUT2D eigenvalue weighted by molar-refractivity contribution is 5.03. The van der Waals surface area contributed by atoms with Crippen LogP contribution in [0.4, 0.5) is 0 Å². The lowest BCUT2D eigenvalue weighted by atomic mass is 9.86. The summed E-state index contributed by atoms with van der Waals surface area (Å²) in [5.41, 5.74) is 0.778. The zero-order valence-electron chi connectivity index (χ0n) is 16.8. The molecule has 5 aliphatic rings. The number of rotatable bonds is 0. The molecule has 2 fully saturated rings. The second-order valence-corrected chi connectivity index (χ2v) is 7.52. The molecule has 0 radical (unpaired) electrons. The Labute approximate surface area is 165 Å². The molecule has 1 saturated carbocycles. The quantitative estimate of drug-likeness (QED) is 0.626. The lowest BCUT2D eigenvalue weighted by Crippen LogP contribution is -2.19. The molecule has 0 aromatic carbocycles. The number of ether oxygens (including phenoxy) is 2. The van der Waals surface area contributed by atoms with Crippen LogP contribution in [0.25, 0.3) is 0 Å². The van der Waals surface area contributed by atoms with Gasteiger partial charge in [0.25, 0.3) is 0 Å². The van der Waals surface area contributed by atoms with Gasteiger partial charge in [0.2, 0.25) is 0 Å². The molecule has 4 aliphatic heterocycles. The lowest BCUT2D eigenvalue weighted by molar-refractivity contribution is 0.158. The topological polar surface area (TPSA) is 42.5 Å². The van der Waals surface area contributed by atoms with Crippen LogP contribution in [0.15, 0.2) is 48.8 Å². The Balaban J connectivity index is 0.000000132. The van der Waals surface area contributed by atoms with Crippen molar-refractivity contribution in [3.05, 3.63) is 48.8 Å². The third kappa shape index (κ3) is 10.5. The SMILES string of the molecule is C1=CCNCC1.C1=CCOC=C1.C1=CCOCC1.C1CCC2(C1)CCNC2. The van der Waals surface area contributed by atoms with Crippen molar-refractivity contribution in [2.75, 3.05) is 46.0 Å². The summed E-state index contributed by atoms with van der Waals surface area (Å²) < 4.78 is 9.78. The Morgan fingerprint density at radius 3 is 1.93 bits per heavy atom. The second kappa shape index (κ2) is 14.7. The average Bonchev–Trinajstić information content (AvgIpc) is 3.46. The first-order chi connectivity index (χ1) is 13.4. The van der Waals surface area contributed by atoms with Gasteiger partial charge in [-0.3, -0.25) is 0 Å². The molecule has 0 amide bonds. The Morgan fingerprint density at radius 2 is 1.63 bits per heavy atom. The summed E-state index contributed by atoms with van der Waals surface area (Å²) >= 11 is 0. The highest BCUT2D eigenvalue weighted by atomic mass is 16.5. The van der Waals surface area contributed by atoms with Crippen LogP contribution in [0.2, 0.25) is 0 Å². The lowest BCUT2D eigenvalue weighted by Gasteiger charge is -2.19. The van der Waals surface area contributed by atoms with Crippen molar-refractivity contribution in [2.24, 2.45) is 5.41 Å². The number of allylic oxidation sites excluding steroid dienone is 2. The largest absolute Gasteiger partial charge is 0.497 e. The van der Waals surface area contributed by atoms with Gasteiger partial charge in [0.05, 0.1) is 19.5 Å². The first-order valence-corrected chi connectivity index (χ1v) is 10.6. The molecule has 152 valence electrons. The van der Waals surface area contributed by atoms with Gasteiger partial charge in [-0.15, -0.1) is 0 Å². The monoisotopic (exact) mass is 374 g/mol. The van der Waals surface area contributed by atoms with Crippen LogP contribution in [0.1, 0.15) is 44.9 Å². The molecule has 27 heavy (non-hydrogen) atoms. The molecule has 4 nitrogen and oxygen atoms in total. The van der Waals surface area contributed by atoms with Crippen LogP contribution in [0.3, 0.4) is 0 Å². The fraction of sp³-hybridized carbons (Fsp3) is 0.652. The molecule has 1 spiro atoms. The minimum atomic E-state index is 0.733. The molecule has 2 N–H and O–H groups in total. The van der Waals surface area contributed by atoms with E-state index in [2.05, 4.69) is 28.9 Å². The van der Waals surface area contributed by atoms with E-state index in [1.165, 1.54) is 51.6 Å². The van der Waals surface area contributed by atoms with E-state index >= 15 is 0 Å². The van der Waals surface area contributed by atoms with E-state index < -0.39 is 0 Å². The molecule has 4 heterocycles. The molecule has 1 saturated heterocycles. The van der Waals surface area contributed by atoms with Crippen molar-refractivity contribution in [3.8, 4) is 0 Å². The second-order valence-electron chi connectivity index (χ2n) is 7.52. The highest BCUT2D eigenvalue weighted by Crippen LogP contribution is 2.42. The van der Waals surface area contributed by atoms with Crippen LogP contribution in [-0.4, -0.2) is 46.0 Å². The zero-order chi connectivity index (χ0) is 18.9. The summed E-state index contributed by atoms with van der Waals surface area (Å²) in [6, 6.07) is 0. The molecule has 0 unspecified atom stereocenters. The van der Waals surface area contributed by atoms with Crippen molar-refractivity contribution < 1.29 is 9.47 Å².